The summed E-state index contributed by atoms with van der Waals surface area (Å²) in [4.78, 5) is 104. The SMILES string of the molecule is COC[C@@H]1NC(=O)[C@H](CCCNc2cc(OC[C@H]3OC[C@H](Nc4cncc(C(F)(F)F)n4)[C@@H](O)[C@H]3O)ccc2OC[C@H]2OC[C@H](Nc3cncc(C(F)(F)F)n3)[C@@H](O)[C@H]2O)N(Cc2ccc(Cl)cc2Oc2ccc(-c3cnc(CN(C)C)n3C)cc2)C(=O)C[C@@H](Cc2ccccc2)C(=O)N(C)[C@H]2CCCC[C@@H]2NC(=O)C[C@H](Cc2ccc(Cl)cc2)N(C)C1=O. The number of carbonyl (C=O) groups excluding carboxylic acids is 5. The molecule has 8 aromatic rings. The number of hydrogen-bond donors (Lipinski definition) is 9. The van der Waals surface area contributed by atoms with Crippen molar-refractivity contribution in [3.8, 4) is 34.3 Å². The number of anilines is 3. The quantitative estimate of drug-likeness (QED) is 0.0163. The van der Waals surface area contributed by atoms with Crippen LogP contribution in [-0.4, -0.2) is 253 Å². The highest BCUT2D eigenvalue weighted by molar-refractivity contribution is 6.31. The number of hydrogen-bond acceptors (Lipinski definition) is 24. The summed E-state index contributed by atoms with van der Waals surface area (Å²) in [6.07, 6.45) is -12.3. The number of aromatic nitrogens is 6. The Labute approximate surface area is 722 Å². The van der Waals surface area contributed by atoms with Crippen molar-refractivity contribution in [3.05, 3.63) is 190 Å². The van der Waals surface area contributed by atoms with Gasteiger partial charge < -0.3 is 99.6 Å². The highest BCUT2D eigenvalue weighted by Gasteiger charge is 2.45. The van der Waals surface area contributed by atoms with Crippen LogP contribution in [0.2, 0.25) is 10.0 Å². The lowest BCUT2D eigenvalue weighted by molar-refractivity contribution is -0.150. The topological polar surface area (TPSA) is 364 Å². The Morgan fingerprint density at radius 2 is 1.25 bits per heavy atom. The second-order valence-corrected chi connectivity index (χ2v) is 32.5. The largest absolute Gasteiger partial charge is 0.491 e. The zero-order valence-electron chi connectivity index (χ0n) is 68.9. The lowest BCUT2D eigenvalue weighted by atomic mass is 9.87. The molecular weight excluding hydrogens is 1670 g/mol. The normalized spacial score (nSPS) is 24.2. The van der Waals surface area contributed by atoms with Gasteiger partial charge in [0, 0.05) is 87.0 Å². The second kappa shape index (κ2) is 42.0. The molecule has 1 saturated carbocycles. The van der Waals surface area contributed by atoms with Crippen molar-refractivity contribution in [1.29, 1.82) is 0 Å². The molecule has 30 nitrogen and oxygen atoms in total. The summed E-state index contributed by atoms with van der Waals surface area (Å²) in [5.41, 5.74) is 1.04. The maximum atomic E-state index is 16.5. The highest BCUT2D eigenvalue weighted by Crippen LogP contribution is 2.38. The Kier molecular flexibility index (Phi) is 31.4. The molecule has 0 bridgehead atoms. The minimum atomic E-state index is -4.85. The molecule has 0 unspecified atom stereocenters. The molecule has 4 aliphatic rings. The van der Waals surface area contributed by atoms with Gasteiger partial charge in [0.1, 0.15) is 102 Å². The van der Waals surface area contributed by atoms with E-state index in [1.807, 2.05) is 73.1 Å². The van der Waals surface area contributed by atoms with Gasteiger partial charge in [0.15, 0.2) is 11.4 Å². The van der Waals surface area contributed by atoms with E-state index < -0.39 is 164 Å². The van der Waals surface area contributed by atoms with Gasteiger partial charge in [-0.3, -0.25) is 33.9 Å². The van der Waals surface area contributed by atoms with Crippen LogP contribution in [0.3, 0.4) is 0 Å². The number of halogens is 8. The molecule has 12 rings (SSSR count). The van der Waals surface area contributed by atoms with Crippen LogP contribution >= 0.6 is 23.2 Å². The number of methoxy groups -OCH3 is 1. The Morgan fingerprint density at radius 3 is 1.88 bits per heavy atom. The fraction of sp³-hybridized carbons (Fsp3) is 0.465. The summed E-state index contributed by atoms with van der Waals surface area (Å²) < 4.78 is 121. The van der Waals surface area contributed by atoms with Crippen molar-refractivity contribution in [3.63, 3.8) is 0 Å². The monoisotopic (exact) mass is 1770 g/mol. The highest BCUT2D eigenvalue weighted by atomic mass is 35.5. The van der Waals surface area contributed by atoms with E-state index in [9.17, 15) is 51.6 Å². The number of aliphatic hydroxyl groups is 4. The molecule has 1 aliphatic carbocycles. The first kappa shape index (κ1) is 92.6. The Bertz CT molecular complexity index is 4940. The zero-order chi connectivity index (χ0) is 88.7. The number of benzene rings is 5. The molecule has 5 aromatic carbocycles. The van der Waals surface area contributed by atoms with Crippen LogP contribution in [-0.2, 0) is 83.5 Å². The maximum Gasteiger partial charge on any atom is 0.434 e. The lowest BCUT2D eigenvalue weighted by Gasteiger charge is -2.40. The summed E-state index contributed by atoms with van der Waals surface area (Å²) in [6.45, 7) is -1.88. The number of imidazole rings is 1. The molecule has 3 saturated heterocycles. The third-order valence-electron chi connectivity index (χ3n) is 22.5. The molecule has 38 heteroatoms. The third-order valence-corrected chi connectivity index (χ3v) is 23.0. The van der Waals surface area contributed by atoms with E-state index in [0.29, 0.717) is 48.1 Å². The Balaban J connectivity index is 0.893. The van der Waals surface area contributed by atoms with Crippen LogP contribution in [0.1, 0.15) is 85.3 Å². The fourth-order valence-corrected chi connectivity index (χ4v) is 16.0. The average Bonchev–Trinajstić information content (AvgIpc) is 0.897. The summed E-state index contributed by atoms with van der Waals surface area (Å²) >= 11 is 13.2. The second-order valence-electron chi connectivity index (χ2n) is 31.6. The van der Waals surface area contributed by atoms with Gasteiger partial charge >= 0.3 is 12.4 Å². The molecule has 3 aromatic heterocycles. The van der Waals surface area contributed by atoms with Gasteiger partial charge in [-0.15, -0.1) is 0 Å². The first-order valence-corrected chi connectivity index (χ1v) is 41.3. The average molecular weight is 1770 g/mol. The van der Waals surface area contributed by atoms with E-state index in [2.05, 4.69) is 51.5 Å². The van der Waals surface area contributed by atoms with Crippen molar-refractivity contribution in [2.45, 2.75) is 169 Å². The van der Waals surface area contributed by atoms with Crippen LogP contribution in [0.15, 0.2) is 146 Å². The first-order chi connectivity index (χ1) is 59.2. The van der Waals surface area contributed by atoms with Gasteiger partial charge in [0.2, 0.25) is 29.5 Å². The lowest BCUT2D eigenvalue weighted by Crippen LogP contribution is -2.59. The van der Waals surface area contributed by atoms with E-state index in [1.54, 1.807) is 72.7 Å². The molecule has 4 fully saturated rings. The minimum absolute atomic E-state index is 0.0160. The Hall–Kier alpha value is -10.5. The zero-order valence-corrected chi connectivity index (χ0v) is 70.5. The number of likely N-dealkylation sites (N-methyl/N-ethyl adjacent to an activating group) is 2. The van der Waals surface area contributed by atoms with Gasteiger partial charge in [0.05, 0.1) is 99.3 Å². The maximum absolute atomic E-state index is 16.5. The van der Waals surface area contributed by atoms with Gasteiger partial charge in [-0.1, -0.05) is 84.6 Å². The van der Waals surface area contributed by atoms with Crippen molar-refractivity contribution in [1.82, 2.24) is 59.7 Å². The number of alkyl halides is 6. The van der Waals surface area contributed by atoms with E-state index in [1.165, 1.54) is 42.2 Å². The van der Waals surface area contributed by atoms with Crippen LogP contribution < -0.4 is 40.8 Å². The summed E-state index contributed by atoms with van der Waals surface area (Å²) in [5, 5.41) is 61.2. The summed E-state index contributed by atoms with van der Waals surface area (Å²) in [5.74, 6) is -3.20. The summed E-state index contributed by atoms with van der Waals surface area (Å²) in [6, 6.07) is 25.4. The molecule has 5 amide bonds. The molecule has 14 atom stereocenters. The number of amides is 5. The molecule has 9 N–H and O–H groups in total. The first-order valence-electron chi connectivity index (χ1n) is 40.6. The number of carbonyl (C=O) groups is 5. The molecule has 3 aliphatic heterocycles. The van der Waals surface area contributed by atoms with E-state index in [4.69, 9.17) is 51.6 Å². The minimum Gasteiger partial charge on any atom is -0.491 e. The molecule has 6 heterocycles. The Morgan fingerprint density at radius 1 is 0.637 bits per heavy atom. The van der Waals surface area contributed by atoms with E-state index in [0.717, 1.165) is 53.4 Å². The number of rotatable bonds is 28. The number of nitrogens with zero attached hydrogens (tertiary/aromatic N) is 10. The number of ether oxygens (including phenoxy) is 6. The van der Waals surface area contributed by atoms with Gasteiger partial charge in [-0.2, -0.15) is 26.3 Å². The van der Waals surface area contributed by atoms with E-state index in [-0.39, 0.29) is 98.0 Å². The number of nitrogens with one attached hydrogen (secondary N) is 5. The smallest absolute Gasteiger partial charge is 0.434 e. The van der Waals surface area contributed by atoms with Gasteiger partial charge in [-0.25, -0.2) is 15.0 Å². The molecule has 0 spiro atoms. The standard InChI is InChI=1S/C86H101Cl2F6N15O15/c1-105(2)43-75-98-37-66(107(75)4)51-21-26-57(27-22-51)124-68-34-55(88)25-20-52(68)42-109-65(82(116)102-63(44-119-6)84(118)106(3)56(32-50-18-23-54(87)24-19-50)35-76(110)101-59-15-10-11-16-64(59)108(5)83(117)53(33-77(109)111)31-49-13-8-7-9-14-49)17-12-30-97-60-36-58(120-47-69-80(114)78(112)61(45-121-69)99-73-40-95-38-71(103-73)85(89,90)91)28-29-67(60)123-48-70-81(115)79(113)62(46-122-70)100-74-41-96-39-72(104-74)86(92,93)94/h7-9,13-14,18-29,34,36-41,53,56,59,61-65,69-70,78-81,97,112-115H,10-12,15-17,30-33,35,42-48H2,1-6H3,(H,99,103)(H,100,104)(H,101,110)(H,102,116)/t53-,56+,59+,61+,62+,63+,64+,65+,69-,70-,78-,79-,80+,81+/m1/s1. The van der Waals surface area contributed by atoms with Gasteiger partial charge in [0.25, 0.3) is 0 Å². The number of aliphatic hydroxyl groups excluding tert-OH is 4. The van der Waals surface area contributed by atoms with Crippen LogP contribution in [0.5, 0.6) is 23.0 Å². The van der Waals surface area contributed by atoms with Gasteiger partial charge in [-0.05, 0) is 124 Å². The van der Waals surface area contributed by atoms with Crippen LogP contribution in [0.25, 0.3) is 11.3 Å². The van der Waals surface area contributed by atoms with Crippen molar-refractivity contribution >= 4 is 70.1 Å². The summed E-state index contributed by atoms with van der Waals surface area (Å²) in [7, 11) is 10.4. The van der Waals surface area contributed by atoms with Crippen molar-refractivity contribution in [2.75, 3.05) is 90.8 Å². The van der Waals surface area contributed by atoms with Crippen LogP contribution in [0.4, 0.5) is 43.7 Å². The predicted octanol–water partition coefficient (Wildman–Crippen LogP) is 9.15. The van der Waals surface area contributed by atoms with Crippen molar-refractivity contribution < 1.29 is 99.2 Å². The van der Waals surface area contributed by atoms with E-state index >= 15 is 19.2 Å². The molecule has 124 heavy (non-hydrogen) atoms. The fourth-order valence-electron chi connectivity index (χ4n) is 15.7. The molecule has 0 radical (unpaired) electrons. The predicted molar refractivity (Wildman–Crippen MR) is 445 cm³/mol. The molecule has 666 valence electrons. The number of fused-ring (bicyclic) bond motifs is 1. The third kappa shape index (κ3) is 24.1. The van der Waals surface area contributed by atoms with Crippen molar-refractivity contribution in [2.24, 2.45) is 13.0 Å². The van der Waals surface area contributed by atoms with Crippen LogP contribution in [0, 0.1) is 5.92 Å². The molecular formula is C86H101Cl2F6N15O15.